The van der Waals surface area contributed by atoms with Gasteiger partial charge in [-0.1, -0.05) is 18.2 Å². The van der Waals surface area contributed by atoms with E-state index in [2.05, 4.69) is 9.97 Å². The number of carbonyl (C=O) groups is 1. The number of Topliss-reactive ketones (excluding diaryl/α,β-unsaturated/α-hetero) is 1. The summed E-state index contributed by atoms with van der Waals surface area (Å²) in [6.07, 6.45) is 3.38. The van der Waals surface area contributed by atoms with E-state index in [1.54, 1.807) is 36.5 Å². The lowest BCUT2D eigenvalue weighted by molar-refractivity contribution is 0.105. The Morgan fingerprint density at radius 1 is 1.04 bits per heavy atom. The van der Waals surface area contributed by atoms with Crippen molar-refractivity contribution in [1.29, 1.82) is 0 Å². The zero-order chi connectivity index (χ0) is 19.3. The summed E-state index contributed by atoms with van der Waals surface area (Å²) < 4.78 is 11.3. The Labute approximate surface area is 162 Å². The van der Waals surface area contributed by atoms with Crippen molar-refractivity contribution >= 4 is 28.5 Å². The number of oxazole rings is 1. The molecule has 0 aliphatic heterocycles. The molecule has 0 radical (unpaired) electrons. The van der Waals surface area contributed by atoms with Gasteiger partial charge in [0.1, 0.15) is 11.3 Å². The number of allylic oxidation sites excluding steroid dienone is 1. The molecule has 28 heavy (non-hydrogen) atoms. The fourth-order valence-electron chi connectivity index (χ4n) is 2.85. The highest BCUT2D eigenvalue weighted by molar-refractivity contribution is 6.31. The third kappa shape index (κ3) is 3.69. The van der Waals surface area contributed by atoms with E-state index >= 15 is 0 Å². The van der Waals surface area contributed by atoms with E-state index in [9.17, 15) is 4.79 Å². The molecule has 0 spiro atoms. The Morgan fingerprint density at radius 3 is 2.54 bits per heavy atom. The first-order valence-corrected chi connectivity index (χ1v) is 9.01. The van der Waals surface area contributed by atoms with Crippen LogP contribution in [0.15, 0.2) is 77.3 Å². The molecule has 0 bridgehead atoms. The number of ether oxygens (including phenoxy) is 1. The van der Waals surface area contributed by atoms with Crippen molar-refractivity contribution in [2.75, 3.05) is 6.61 Å². The summed E-state index contributed by atoms with van der Waals surface area (Å²) in [5.41, 5.74) is 2.85. The summed E-state index contributed by atoms with van der Waals surface area (Å²) in [5.74, 6) is 0.794. The molecule has 138 valence electrons. The van der Waals surface area contributed by atoms with Crippen molar-refractivity contribution in [3.05, 3.63) is 90.1 Å². The van der Waals surface area contributed by atoms with Gasteiger partial charge in [-0.25, -0.2) is 4.98 Å². The molecule has 0 fully saturated rings. The smallest absolute Gasteiger partial charge is 0.231 e. The van der Waals surface area contributed by atoms with Crippen LogP contribution in [0, 0.1) is 0 Å². The second-order valence-electron chi connectivity index (χ2n) is 6.09. The van der Waals surface area contributed by atoms with E-state index in [0.29, 0.717) is 34.5 Å². The lowest BCUT2D eigenvalue weighted by Crippen LogP contribution is -2.04. The van der Waals surface area contributed by atoms with Crippen molar-refractivity contribution in [3.8, 4) is 5.75 Å². The highest BCUT2D eigenvalue weighted by atomic mass is 16.5. The van der Waals surface area contributed by atoms with Crippen molar-refractivity contribution < 1.29 is 13.9 Å². The van der Waals surface area contributed by atoms with Crippen LogP contribution in [0.1, 0.15) is 28.9 Å². The van der Waals surface area contributed by atoms with Gasteiger partial charge in [-0.2, -0.15) is 0 Å². The number of rotatable bonds is 6. The molecule has 0 atom stereocenters. The number of ketones is 1. The molecule has 4 rings (SSSR count). The molecule has 0 saturated carbocycles. The van der Waals surface area contributed by atoms with Gasteiger partial charge in [0.2, 0.25) is 5.89 Å². The number of nitrogens with zero attached hydrogens (tertiary/aromatic N) is 2. The number of hydrogen-bond donors (Lipinski definition) is 0. The van der Waals surface area contributed by atoms with Crippen molar-refractivity contribution in [2.45, 2.75) is 6.92 Å². The minimum Gasteiger partial charge on any atom is -0.494 e. The topological polar surface area (TPSA) is 65.2 Å². The summed E-state index contributed by atoms with van der Waals surface area (Å²) >= 11 is 0. The predicted octanol–water partition coefficient (Wildman–Crippen LogP) is 5.05. The van der Waals surface area contributed by atoms with Crippen LogP contribution in [0.3, 0.4) is 0 Å². The molecule has 2 aromatic heterocycles. The lowest BCUT2D eigenvalue weighted by Gasteiger charge is -2.06. The van der Waals surface area contributed by atoms with Crippen molar-refractivity contribution in [2.24, 2.45) is 0 Å². The van der Waals surface area contributed by atoms with Crippen LogP contribution in [0.4, 0.5) is 0 Å². The number of para-hydroxylation sites is 2. The molecule has 4 aromatic rings. The van der Waals surface area contributed by atoms with E-state index in [1.165, 1.54) is 0 Å². The fourth-order valence-corrected chi connectivity index (χ4v) is 2.85. The van der Waals surface area contributed by atoms with Gasteiger partial charge in [0, 0.05) is 11.8 Å². The summed E-state index contributed by atoms with van der Waals surface area (Å²) in [6.45, 7) is 2.49. The van der Waals surface area contributed by atoms with Gasteiger partial charge in [0.25, 0.3) is 0 Å². The number of carbonyl (C=O) groups excluding carboxylic acids is 1. The van der Waals surface area contributed by atoms with Crippen LogP contribution in [-0.2, 0) is 0 Å². The Hall–Kier alpha value is -3.73. The van der Waals surface area contributed by atoms with Crippen LogP contribution >= 0.6 is 0 Å². The monoisotopic (exact) mass is 370 g/mol. The minimum absolute atomic E-state index is 0.194. The maximum absolute atomic E-state index is 13.3. The summed E-state index contributed by atoms with van der Waals surface area (Å²) in [4.78, 5) is 22.0. The first kappa shape index (κ1) is 17.7. The molecule has 2 heterocycles. The van der Waals surface area contributed by atoms with Crippen LogP contribution in [0.25, 0.3) is 22.7 Å². The Balaban J connectivity index is 1.78. The maximum atomic E-state index is 13.3. The number of pyridine rings is 1. The second kappa shape index (κ2) is 7.88. The SMILES string of the molecule is CCOc1ccc(C(=O)C(=Cc2ccccn2)c2nc3ccccc3o2)cc1. The minimum atomic E-state index is -0.194. The molecule has 0 amide bonds. The molecule has 0 N–H and O–H groups in total. The Kier molecular flexibility index (Phi) is 4.97. The third-order valence-electron chi connectivity index (χ3n) is 4.18. The van der Waals surface area contributed by atoms with E-state index < -0.39 is 0 Å². The Morgan fingerprint density at radius 2 is 1.82 bits per heavy atom. The maximum Gasteiger partial charge on any atom is 0.231 e. The summed E-state index contributed by atoms with van der Waals surface area (Å²) in [5, 5.41) is 0. The molecule has 0 saturated heterocycles. The largest absolute Gasteiger partial charge is 0.494 e. The normalized spacial score (nSPS) is 11.5. The average Bonchev–Trinajstić information content (AvgIpc) is 3.17. The van der Waals surface area contributed by atoms with Crippen LogP contribution in [0.5, 0.6) is 5.75 Å². The number of hydrogen-bond acceptors (Lipinski definition) is 5. The lowest BCUT2D eigenvalue weighted by atomic mass is 10.0. The average molecular weight is 370 g/mol. The van der Waals surface area contributed by atoms with Gasteiger partial charge < -0.3 is 9.15 Å². The van der Waals surface area contributed by atoms with E-state index in [4.69, 9.17) is 9.15 Å². The number of fused-ring (bicyclic) bond motifs is 1. The Bertz CT molecular complexity index is 1100. The van der Waals surface area contributed by atoms with Gasteiger partial charge in [-0.05, 0) is 61.5 Å². The van der Waals surface area contributed by atoms with Gasteiger partial charge in [0.15, 0.2) is 11.4 Å². The number of aromatic nitrogens is 2. The van der Waals surface area contributed by atoms with Gasteiger partial charge >= 0.3 is 0 Å². The van der Waals surface area contributed by atoms with Gasteiger partial charge in [-0.15, -0.1) is 0 Å². The molecule has 5 nitrogen and oxygen atoms in total. The predicted molar refractivity (Wildman–Crippen MR) is 108 cm³/mol. The standard InChI is InChI=1S/C23H18N2O3/c1-2-27-18-12-10-16(11-13-18)22(26)19(15-17-7-5-6-14-24-17)23-25-20-8-3-4-9-21(20)28-23/h3-15H,2H2,1H3. The summed E-state index contributed by atoms with van der Waals surface area (Å²) in [7, 11) is 0. The first-order valence-electron chi connectivity index (χ1n) is 9.01. The first-order chi connectivity index (χ1) is 13.7. The fraction of sp³-hybridized carbons (Fsp3) is 0.0870. The molecule has 0 aliphatic rings. The van der Waals surface area contributed by atoms with Gasteiger partial charge in [0.05, 0.1) is 17.9 Å². The van der Waals surface area contributed by atoms with Crippen LogP contribution in [0.2, 0.25) is 0 Å². The van der Waals surface area contributed by atoms with Gasteiger partial charge in [-0.3, -0.25) is 9.78 Å². The highest BCUT2D eigenvalue weighted by Gasteiger charge is 2.20. The second-order valence-corrected chi connectivity index (χ2v) is 6.09. The highest BCUT2D eigenvalue weighted by Crippen LogP contribution is 2.26. The molecule has 0 unspecified atom stereocenters. The molecule has 2 aromatic carbocycles. The van der Waals surface area contributed by atoms with E-state index in [0.717, 1.165) is 5.75 Å². The summed E-state index contributed by atoms with van der Waals surface area (Å²) in [6, 6.07) is 20.0. The van der Waals surface area contributed by atoms with Crippen molar-refractivity contribution in [3.63, 3.8) is 0 Å². The third-order valence-corrected chi connectivity index (χ3v) is 4.18. The quantitative estimate of drug-likeness (QED) is 0.351. The molecule has 5 heteroatoms. The zero-order valence-electron chi connectivity index (χ0n) is 15.3. The van der Waals surface area contributed by atoms with Crippen LogP contribution in [-0.4, -0.2) is 22.4 Å². The van der Waals surface area contributed by atoms with E-state index in [-0.39, 0.29) is 11.7 Å². The van der Waals surface area contributed by atoms with Crippen molar-refractivity contribution in [1.82, 2.24) is 9.97 Å². The molecular weight excluding hydrogens is 352 g/mol. The molecular formula is C23H18N2O3. The molecule has 0 aliphatic carbocycles. The number of benzene rings is 2. The zero-order valence-corrected chi connectivity index (χ0v) is 15.3. The van der Waals surface area contributed by atoms with Crippen LogP contribution < -0.4 is 4.74 Å². The van der Waals surface area contributed by atoms with E-state index in [1.807, 2.05) is 49.4 Å².